The zero-order valence-corrected chi connectivity index (χ0v) is 31.7. The lowest BCUT2D eigenvalue weighted by molar-refractivity contribution is -0.302. The van der Waals surface area contributed by atoms with Gasteiger partial charge in [-0.3, -0.25) is 4.79 Å². The van der Waals surface area contributed by atoms with Crippen molar-refractivity contribution in [3.8, 4) is 0 Å². The molecule has 0 radical (unpaired) electrons. The zero-order chi connectivity index (χ0) is 36.0. The molecule has 1 amide bonds. The number of nitrogens with one attached hydrogen (secondary N) is 1. The average Bonchev–Trinajstić information content (AvgIpc) is 3.10. The van der Waals surface area contributed by atoms with Gasteiger partial charge in [-0.1, -0.05) is 174 Å². The van der Waals surface area contributed by atoms with Gasteiger partial charge in [-0.05, 0) is 12.8 Å². The van der Waals surface area contributed by atoms with E-state index in [1.165, 1.54) is 128 Å². The van der Waals surface area contributed by atoms with E-state index in [4.69, 9.17) is 9.47 Å². The molecule has 1 saturated heterocycles. The summed E-state index contributed by atoms with van der Waals surface area (Å²) < 4.78 is 11.2. The van der Waals surface area contributed by atoms with Crippen molar-refractivity contribution in [2.24, 2.45) is 0 Å². The molecule has 0 bridgehead atoms. The van der Waals surface area contributed by atoms with E-state index in [1.807, 2.05) is 0 Å². The molecule has 1 heterocycles. The summed E-state index contributed by atoms with van der Waals surface area (Å²) in [7, 11) is 0. The van der Waals surface area contributed by atoms with E-state index >= 15 is 0 Å². The smallest absolute Gasteiger partial charge is 0.220 e. The fourth-order valence-corrected chi connectivity index (χ4v) is 6.81. The molecule has 0 spiro atoms. The molecule has 292 valence electrons. The molecule has 49 heavy (non-hydrogen) atoms. The van der Waals surface area contributed by atoms with Crippen molar-refractivity contribution in [3.63, 3.8) is 0 Å². The summed E-state index contributed by atoms with van der Waals surface area (Å²) in [6.45, 7) is 3.82. The summed E-state index contributed by atoms with van der Waals surface area (Å²) in [4.78, 5) is 12.9. The van der Waals surface area contributed by atoms with Crippen molar-refractivity contribution in [1.29, 1.82) is 0 Å². The van der Waals surface area contributed by atoms with Crippen LogP contribution in [0.4, 0.5) is 0 Å². The van der Waals surface area contributed by atoms with Crippen molar-refractivity contribution < 1.29 is 39.8 Å². The number of hydrogen-bond donors (Lipinski definition) is 6. The molecule has 7 atom stereocenters. The molecular formula is C40H79NO8. The maximum atomic E-state index is 12.9. The third-order valence-electron chi connectivity index (χ3n) is 10.2. The second kappa shape index (κ2) is 31.9. The highest BCUT2D eigenvalue weighted by molar-refractivity contribution is 5.76. The Morgan fingerprint density at radius 1 is 0.612 bits per heavy atom. The Hall–Kier alpha value is -0.810. The van der Waals surface area contributed by atoms with Gasteiger partial charge < -0.3 is 40.3 Å². The fraction of sp³-hybridized carbons (Fsp3) is 0.975. The molecule has 0 aromatic rings. The normalized spacial score (nSPS) is 22.3. The molecule has 1 aliphatic heterocycles. The summed E-state index contributed by atoms with van der Waals surface area (Å²) >= 11 is 0. The number of aliphatic hydroxyl groups excluding tert-OH is 5. The van der Waals surface area contributed by atoms with Crippen molar-refractivity contribution in [2.45, 2.75) is 236 Å². The standard InChI is InChI=1S/C40H79NO8/c1-3-5-7-9-11-13-15-17-19-21-23-25-27-29-34(43)33(32-48-40-39(47)38(46)37(45)35(31-42)49-40)41-36(44)30-28-26-24-22-20-18-16-14-12-10-8-6-4-2/h33-35,37-40,42-43,45-47H,3-32H2,1-2H3,(H,41,44)/t33-,34+,35+,37+,38-,39-,40-/m0/s1. The molecule has 0 saturated carbocycles. The monoisotopic (exact) mass is 702 g/mol. The highest BCUT2D eigenvalue weighted by Gasteiger charge is 2.44. The lowest BCUT2D eigenvalue weighted by Crippen LogP contribution is -2.60. The Morgan fingerprint density at radius 3 is 1.45 bits per heavy atom. The van der Waals surface area contributed by atoms with Crippen LogP contribution in [0, 0.1) is 0 Å². The van der Waals surface area contributed by atoms with Crippen molar-refractivity contribution in [1.82, 2.24) is 5.32 Å². The van der Waals surface area contributed by atoms with Crippen molar-refractivity contribution >= 4 is 5.91 Å². The van der Waals surface area contributed by atoms with Crippen LogP contribution in [0.3, 0.4) is 0 Å². The molecule has 0 aromatic heterocycles. The van der Waals surface area contributed by atoms with Crippen LogP contribution < -0.4 is 5.32 Å². The predicted molar refractivity (Wildman–Crippen MR) is 198 cm³/mol. The van der Waals surface area contributed by atoms with E-state index in [0.29, 0.717) is 12.8 Å². The lowest BCUT2D eigenvalue weighted by Gasteiger charge is -2.40. The number of unbranched alkanes of at least 4 members (excludes halogenated alkanes) is 24. The third kappa shape index (κ3) is 23.4. The Balaban J connectivity index is 2.38. The summed E-state index contributed by atoms with van der Waals surface area (Å²) in [5.41, 5.74) is 0. The molecule has 6 N–H and O–H groups in total. The minimum Gasteiger partial charge on any atom is -0.394 e. The van der Waals surface area contributed by atoms with Gasteiger partial charge in [0.05, 0.1) is 25.4 Å². The van der Waals surface area contributed by atoms with Crippen LogP contribution in [0.1, 0.15) is 194 Å². The first-order chi connectivity index (χ1) is 23.8. The lowest BCUT2D eigenvalue weighted by atomic mass is 9.99. The molecule has 1 aliphatic rings. The number of carbonyl (C=O) groups excluding carboxylic acids is 1. The topological polar surface area (TPSA) is 149 Å². The van der Waals surface area contributed by atoms with Gasteiger partial charge in [-0.2, -0.15) is 0 Å². The first-order valence-electron chi connectivity index (χ1n) is 20.7. The first-order valence-corrected chi connectivity index (χ1v) is 20.7. The molecule has 0 aromatic carbocycles. The van der Waals surface area contributed by atoms with E-state index in [9.17, 15) is 30.3 Å². The van der Waals surface area contributed by atoms with Crippen LogP contribution in [0.5, 0.6) is 0 Å². The highest BCUT2D eigenvalue weighted by atomic mass is 16.7. The SMILES string of the molecule is CCCCCCCCCCCCCCCC(=O)N[C@@H](CO[C@H]1O[C@H](CO)[C@@H](O)[C@H](O)[C@@H]1O)[C@H](O)CCCCCCCCCCCCCCC. The molecular weight excluding hydrogens is 622 g/mol. The molecule has 0 unspecified atom stereocenters. The number of amides is 1. The van der Waals surface area contributed by atoms with Gasteiger partial charge in [-0.25, -0.2) is 0 Å². The number of aliphatic hydroxyl groups is 5. The molecule has 9 heteroatoms. The van der Waals surface area contributed by atoms with E-state index in [1.54, 1.807) is 0 Å². The Bertz CT molecular complexity index is 741. The van der Waals surface area contributed by atoms with Gasteiger partial charge >= 0.3 is 0 Å². The van der Waals surface area contributed by atoms with Crippen LogP contribution in [0.25, 0.3) is 0 Å². The van der Waals surface area contributed by atoms with Crippen LogP contribution in [-0.4, -0.2) is 87.5 Å². The predicted octanol–water partition coefficient (Wildman–Crippen LogP) is 7.61. The summed E-state index contributed by atoms with van der Waals surface area (Å²) in [5, 5.41) is 54.1. The van der Waals surface area contributed by atoms with Gasteiger partial charge in [0.2, 0.25) is 5.91 Å². The number of hydrogen-bond acceptors (Lipinski definition) is 8. The fourth-order valence-electron chi connectivity index (χ4n) is 6.81. The first kappa shape index (κ1) is 46.2. The van der Waals surface area contributed by atoms with Crippen LogP contribution in [0.2, 0.25) is 0 Å². The van der Waals surface area contributed by atoms with Gasteiger partial charge in [-0.15, -0.1) is 0 Å². The zero-order valence-electron chi connectivity index (χ0n) is 31.7. The van der Waals surface area contributed by atoms with Crippen LogP contribution in [-0.2, 0) is 14.3 Å². The Morgan fingerprint density at radius 2 is 1.02 bits per heavy atom. The highest BCUT2D eigenvalue weighted by Crippen LogP contribution is 2.23. The van der Waals surface area contributed by atoms with E-state index in [-0.39, 0.29) is 12.5 Å². The van der Waals surface area contributed by atoms with Crippen molar-refractivity contribution in [3.05, 3.63) is 0 Å². The molecule has 1 fully saturated rings. The second-order valence-corrected chi connectivity index (χ2v) is 14.8. The molecule has 1 rings (SSSR count). The largest absolute Gasteiger partial charge is 0.394 e. The minimum absolute atomic E-state index is 0.132. The second-order valence-electron chi connectivity index (χ2n) is 14.8. The summed E-state index contributed by atoms with van der Waals surface area (Å²) in [6.07, 6.45) is 25.3. The molecule has 0 aliphatic carbocycles. The summed E-state index contributed by atoms with van der Waals surface area (Å²) in [6, 6.07) is -0.709. The maximum absolute atomic E-state index is 12.9. The minimum atomic E-state index is -1.55. The Labute approximate surface area is 300 Å². The molecule has 9 nitrogen and oxygen atoms in total. The van der Waals surface area contributed by atoms with Gasteiger partial charge in [0.25, 0.3) is 0 Å². The average molecular weight is 702 g/mol. The quantitative estimate of drug-likeness (QED) is 0.0376. The van der Waals surface area contributed by atoms with E-state index in [2.05, 4.69) is 19.2 Å². The van der Waals surface area contributed by atoms with Crippen molar-refractivity contribution in [2.75, 3.05) is 13.2 Å². The Kier molecular flexibility index (Phi) is 30.1. The number of carbonyl (C=O) groups is 1. The maximum Gasteiger partial charge on any atom is 0.220 e. The number of rotatable bonds is 34. The van der Waals surface area contributed by atoms with E-state index < -0.39 is 49.5 Å². The van der Waals surface area contributed by atoms with Gasteiger partial charge in [0.15, 0.2) is 6.29 Å². The number of ether oxygens (including phenoxy) is 2. The van der Waals surface area contributed by atoms with E-state index in [0.717, 1.165) is 38.5 Å². The van der Waals surface area contributed by atoms with Gasteiger partial charge in [0, 0.05) is 6.42 Å². The van der Waals surface area contributed by atoms with Crippen LogP contribution >= 0.6 is 0 Å². The summed E-state index contributed by atoms with van der Waals surface area (Å²) in [5.74, 6) is -0.144. The third-order valence-corrected chi connectivity index (χ3v) is 10.2. The van der Waals surface area contributed by atoms with Crippen LogP contribution in [0.15, 0.2) is 0 Å². The van der Waals surface area contributed by atoms with Gasteiger partial charge in [0.1, 0.15) is 24.4 Å².